The van der Waals surface area contributed by atoms with Crippen molar-refractivity contribution in [3.8, 4) is 0 Å². The van der Waals surface area contributed by atoms with Gasteiger partial charge in [-0.3, -0.25) is 38.6 Å². The van der Waals surface area contributed by atoms with E-state index in [-0.39, 0.29) is 57.2 Å². The van der Waals surface area contributed by atoms with E-state index in [2.05, 4.69) is 41.9 Å². The smallest absolute Gasteiger partial charge is 0.245 e. The monoisotopic (exact) mass is 881 g/mol. The Morgan fingerprint density at radius 2 is 1.52 bits per heavy atom. The molecule has 2 aliphatic heterocycles. The van der Waals surface area contributed by atoms with Crippen molar-refractivity contribution >= 4 is 58.2 Å². The number of carbonyl (C=O) groups excluding carboxylic acids is 7. The van der Waals surface area contributed by atoms with Crippen LogP contribution in [0.2, 0.25) is 0 Å². The molecule has 0 radical (unpaired) electrons. The minimum atomic E-state index is -1.22. The maximum atomic E-state index is 14.6. The number of rotatable bonds is 13. The van der Waals surface area contributed by atoms with E-state index in [1.807, 2.05) is 54.6 Å². The van der Waals surface area contributed by atoms with E-state index >= 15 is 0 Å². The van der Waals surface area contributed by atoms with E-state index in [9.17, 15) is 33.6 Å². The van der Waals surface area contributed by atoms with Crippen LogP contribution in [0.1, 0.15) is 88.7 Å². The first-order chi connectivity index (χ1) is 30.9. The number of guanidine groups is 1. The molecule has 6 rings (SSSR count). The number of para-hydroxylation sites is 1. The third-order valence-corrected chi connectivity index (χ3v) is 12.4. The van der Waals surface area contributed by atoms with Gasteiger partial charge in [0.25, 0.3) is 0 Å². The van der Waals surface area contributed by atoms with E-state index in [0.29, 0.717) is 25.7 Å². The zero-order chi connectivity index (χ0) is 45.6. The van der Waals surface area contributed by atoms with Crippen molar-refractivity contribution < 1.29 is 33.6 Å². The minimum Gasteiger partial charge on any atom is -0.370 e. The number of aromatic amines is 1. The van der Waals surface area contributed by atoms with Gasteiger partial charge in [0.2, 0.25) is 41.4 Å². The number of nitrogens with one attached hydrogen (secondary N) is 7. The van der Waals surface area contributed by atoms with Gasteiger partial charge in [-0.15, -0.1) is 0 Å². The van der Waals surface area contributed by atoms with Crippen molar-refractivity contribution in [1.29, 1.82) is 0 Å². The molecule has 18 heteroatoms. The number of hydrogen-bond donors (Lipinski definition) is 9. The second kappa shape index (κ2) is 22.8. The molecule has 11 N–H and O–H groups in total. The van der Waals surface area contributed by atoms with E-state index in [1.54, 1.807) is 6.20 Å². The lowest BCUT2D eigenvalue weighted by molar-refractivity contribution is -0.142. The fourth-order valence-corrected chi connectivity index (χ4v) is 9.10. The Hall–Kier alpha value is -6.46. The second-order valence-corrected chi connectivity index (χ2v) is 17.2. The van der Waals surface area contributed by atoms with Gasteiger partial charge in [-0.2, -0.15) is 0 Å². The Labute approximate surface area is 373 Å². The first-order valence-corrected chi connectivity index (χ1v) is 22.6. The van der Waals surface area contributed by atoms with Gasteiger partial charge in [0.05, 0.1) is 0 Å². The Bertz CT molecular complexity index is 2150. The van der Waals surface area contributed by atoms with Crippen LogP contribution in [-0.2, 0) is 46.4 Å². The van der Waals surface area contributed by atoms with Crippen molar-refractivity contribution in [3.05, 3.63) is 71.9 Å². The number of amides is 7. The first kappa shape index (κ1) is 47.0. The van der Waals surface area contributed by atoms with Crippen LogP contribution in [0.25, 0.3) is 10.9 Å². The minimum absolute atomic E-state index is 0.0735. The number of aliphatic imine (C=N–C) groups is 1. The highest BCUT2D eigenvalue weighted by molar-refractivity contribution is 5.98. The number of hydrogen-bond acceptors (Lipinski definition) is 8. The summed E-state index contributed by atoms with van der Waals surface area (Å²) in [5.41, 5.74) is 13.5. The second-order valence-electron chi connectivity index (χ2n) is 17.2. The van der Waals surface area contributed by atoms with Gasteiger partial charge >= 0.3 is 0 Å². The molecule has 3 heterocycles. The zero-order valence-corrected chi connectivity index (χ0v) is 36.5. The molecule has 1 aliphatic carbocycles. The standard InChI is InChI=1S/C46H63N11O7/c1-28(58)52-36(24-29-12-4-2-5-13-29)41(60)54-35-20-22-49-40(59)34(18-10-21-50-46(47)48)53-43(62)38(26-31-27-51-33-17-9-8-16-32(31)33)55-42(61)37(25-30-14-6-3-7-15-30)56-44(63)39-19-11-23-57(39)45(35)64/h2,4-5,8-9,12-13,16-17,27,30,34-39,51H,3,6-7,10-11,14-15,18-26H2,1H3,(H,49,59)(H,52,58)(H,53,62)(H,54,60)(H,55,61)(H,56,63)(H4,47,48,50)/t34-,35-,36-,37+,38-,39-/m0/s1. The molecule has 0 bridgehead atoms. The molecule has 64 heavy (non-hydrogen) atoms. The Kier molecular flexibility index (Phi) is 16.7. The van der Waals surface area contributed by atoms with Crippen LogP contribution >= 0.6 is 0 Å². The Balaban J connectivity index is 1.33. The zero-order valence-electron chi connectivity index (χ0n) is 36.5. The highest BCUT2D eigenvalue weighted by atomic mass is 16.2. The number of aromatic nitrogens is 1. The number of carbonyl (C=O) groups is 7. The van der Waals surface area contributed by atoms with Crippen molar-refractivity contribution in [1.82, 2.24) is 41.8 Å². The van der Waals surface area contributed by atoms with E-state index in [0.717, 1.165) is 54.1 Å². The van der Waals surface area contributed by atoms with Crippen molar-refractivity contribution in [2.24, 2.45) is 22.4 Å². The third kappa shape index (κ3) is 13.0. The Morgan fingerprint density at radius 1 is 0.812 bits per heavy atom. The maximum absolute atomic E-state index is 14.6. The molecule has 7 amide bonds. The topological polar surface area (TPSA) is 275 Å². The van der Waals surface area contributed by atoms with Crippen LogP contribution < -0.4 is 43.4 Å². The highest BCUT2D eigenvalue weighted by Crippen LogP contribution is 2.28. The lowest BCUT2D eigenvalue weighted by Crippen LogP contribution is -2.59. The third-order valence-electron chi connectivity index (χ3n) is 12.4. The van der Waals surface area contributed by atoms with Gasteiger partial charge in [-0.1, -0.05) is 80.6 Å². The predicted octanol–water partition coefficient (Wildman–Crippen LogP) is 0.932. The van der Waals surface area contributed by atoms with Crippen molar-refractivity contribution in [3.63, 3.8) is 0 Å². The summed E-state index contributed by atoms with van der Waals surface area (Å²) >= 11 is 0. The fourth-order valence-electron chi connectivity index (χ4n) is 9.10. The molecule has 3 aliphatic rings. The lowest BCUT2D eigenvalue weighted by atomic mass is 9.84. The average Bonchev–Trinajstić information content (AvgIpc) is 3.94. The van der Waals surface area contributed by atoms with Crippen molar-refractivity contribution in [2.45, 2.75) is 127 Å². The van der Waals surface area contributed by atoms with Crippen LogP contribution in [0.15, 0.2) is 65.8 Å². The maximum Gasteiger partial charge on any atom is 0.245 e. The molecule has 18 nitrogen and oxygen atoms in total. The number of nitrogens with two attached hydrogens (primary N) is 2. The molecule has 0 spiro atoms. The molecule has 3 aromatic rings. The van der Waals surface area contributed by atoms with Gasteiger partial charge < -0.3 is 53.3 Å². The number of fused-ring (bicyclic) bond motifs is 2. The van der Waals surface area contributed by atoms with Crippen LogP contribution in [0, 0.1) is 5.92 Å². The summed E-state index contributed by atoms with van der Waals surface area (Å²) in [6.07, 6.45) is 8.35. The van der Waals surface area contributed by atoms with Gasteiger partial charge in [0, 0.05) is 56.5 Å². The number of H-pyrrole nitrogens is 1. The Morgan fingerprint density at radius 3 is 2.27 bits per heavy atom. The average molecular weight is 882 g/mol. The summed E-state index contributed by atoms with van der Waals surface area (Å²) in [5.74, 6) is -3.83. The normalized spacial score (nSPS) is 23.4. The number of nitrogens with zero attached hydrogens (tertiary/aromatic N) is 2. The van der Waals surface area contributed by atoms with Gasteiger partial charge in [0.1, 0.15) is 36.3 Å². The molecule has 3 fully saturated rings. The molecular formula is C46H63N11O7. The largest absolute Gasteiger partial charge is 0.370 e. The summed E-state index contributed by atoms with van der Waals surface area (Å²) < 4.78 is 0. The van der Waals surface area contributed by atoms with Crippen LogP contribution in [0.3, 0.4) is 0 Å². The van der Waals surface area contributed by atoms with Crippen LogP contribution in [0.5, 0.6) is 0 Å². The molecule has 2 saturated heterocycles. The van der Waals surface area contributed by atoms with E-state index in [4.69, 9.17) is 11.5 Å². The van der Waals surface area contributed by atoms with E-state index in [1.165, 1.54) is 11.8 Å². The van der Waals surface area contributed by atoms with Gasteiger partial charge in [-0.05, 0) is 61.6 Å². The molecular weight excluding hydrogens is 819 g/mol. The van der Waals surface area contributed by atoms with Gasteiger partial charge in [-0.25, -0.2) is 0 Å². The predicted molar refractivity (Wildman–Crippen MR) is 241 cm³/mol. The summed E-state index contributed by atoms with van der Waals surface area (Å²) in [6.45, 7) is 1.59. The number of benzene rings is 2. The van der Waals surface area contributed by atoms with E-state index < -0.39 is 77.6 Å². The molecule has 1 saturated carbocycles. The van der Waals surface area contributed by atoms with Crippen LogP contribution in [0.4, 0.5) is 0 Å². The summed E-state index contributed by atoms with van der Waals surface area (Å²) in [4.78, 5) is 107. The first-order valence-electron chi connectivity index (χ1n) is 22.6. The summed E-state index contributed by atoms with van der Waals surface area (Å²) in [5, 5.41) is 18.0. The van der Waals surface area contributed by atoms with Gasteiger partial charge in [0.15, 0.2) is 5.96 Å². The molecule has 0 unspecified atom stereocenters. The molecule has 1 aromatic heterocycles. The quantitative estimate of drug-likeness (QED) is 0.0671. The highest BCUT2D eigenvalue weighted by Gasteiger charge is 2.41. The van der Waals surface area contributed by atoms with Crippen LogP contribution in [-0.4, -0.2) is 113 Å². The lowest BCUT2D eigenvalue weighted by Gasteiger charge is -2.32. The molecule has 2 aromatic carbocycles. The summed E-state index contributed by atoms with van der Waals surface area (Å²) in [7, 11) is 0. The fraction of sp³-hybridized carbons (Fsp3) is 0.522. The SMILES string of the molecule is CC(=O)N[C@@H](Cc1ccccc1)C(=O)N[C@H]1CCNC(=O)[C@H](CCCN=C(N)N)NC(=O)[C@H](Cc2c[nH]c3ccccc23)NC(=O)[C@@H](CC2CCCCC2)NC(=O)[C@@H]2CCCN2C1=O. The summed E-state index contributed by atoms with van der Waals surface area (Å²) in [6, 6.07) is 10.2. The molecule has 344 valence electrons. The molecule has 6 atom stereocenters. The van der Waals surface area contributed by atoms with Crippen molar-refractivity contribution in [2.75, 3.05) is 19.6 Å².